The summed E-state index contributed by atoms with van der Waals surface area (Å²) in [6.45, 7) is 4.05. The van der Waals surface area contributed by atoms with E-state index in [9.17, 15) is 0 Å². The van der Waals surface area contributed by atoms with E-state index in [1.165, 1.54) is 11.1 Å². The summed E-state index contributed by atoms with van der Waals surface area (Å²) < 4.78 is 0. The van der Waals surface area contributed by atoms with Gasteiger partial charge < -0.3 is 5.32 Å². The molecule has 1 aliphatic heterocycles. The Balaban J connectivity index is 0.00000196. The summed E-state index contributed by atoms with van der Waals surface area (Å²) in [6.07, 6.45) is 1.14. The van der Waals surface area contributed by atoms with E-state index in [1.54, 1.807) is 0 Å². The van der Waals surface area contributed by atoms with Gasteiger partial charge in [-0.3, -0.25) is 4.90 Å². The topological polar surface area (TPSA) is 41.0 Å². The smallest absolute Gasteiger partial charge is 0.148 e. The molecule has 3 aromatic rings. The normalized spacial score (nSPS) is 13.5. The Kier molecular flexibility index (Phi) is 6.21. The molecule has 4 nitrogen and oxygen atoms in total. The van der Waals surface area contributed by atoms with Crippen molar-refractivity contribution >= 4 is 18.2 Å². The number of nitrogens with zero attached hydrogens (tertiary/aromatic N) is 3. The number of fused-ring (bicyclic) bond motifs is 1. The molecule has 1 aliphatic rings. The molecular formula is C21H23ClN4. The van der Waals surface area contributed by atoms with E-state index in [0.717, 1.165) is 49.7 Å². The number of nitrogens with one attached hydrogen (secondary N) is 1. The summed E-state index contributed by atoms with van der Waals surface area (Å²) in [7, 11) is 0. The van der Waals surface area contributed by atoms with Crippen LogP contribution in [0.5, 0.6) is 0 Å². The lowest BCUT2D eigenvalue weighted by molar-refractivity contribution is 0.264. The maximum Gasteiger partial charge on any atom is 0.148 e. The number of anilines is 1. The van der Waals surface area contributed by atoms with Crippen molar-refractivity contribution in [1.29, 1.82) is 0 Å². The molecule has 0 atom stereocenters. The molecule has 1 N–H and O–H groups in total. The van der Waals surface area contributed by atoms with Gasteiger partial charge in [-0.1, -0.05) is 54.6 Å². The van der Waals surface area contributed by atoms with Crippen molar-refractivity contribution < 1.29 is 0 Å². The quantitative estimate of drug-likeness (QED) is 0.740. The third kappa shape index (κ3) is 4.40. The Morgan fingerprint density at radius 3 is 2.38 bits per heavy atom. The molecule has 0 radical (unpaired) electrons. The van der Waals surface area contributed by atoms with Crippen LogP contribution in [0.15, 0.2) is 66.7 Å². The van der Waals surface area contributed by atoms with E-state index in [0.29, 0.717) is 0 Å². The predicted octanol–water partition coefficient (Wildman–Crippen LogP) is 4.04. The minimum atomic E-state index is 0. The number of hydrogen-bond acceptors (Lipinski definition) is 4. The number of benzene rings is 2. The Labute approximate surface area is 160 Å². The zero-order valence-electron chi connectivity index (χ0n) is 14.6. The van der Waals surface area contributed by atoms with Crippen LogP contribution >= 0.6 is 12.4 Å². The lowest BCUT2D eigenvalue weighted by Crippen LogP contribution is -2.34. The molecule has 4 rings (SSSR count). The van der Waals surface area contributed by atoms with Crippen LogP contribution < -0.4 is 5.32 Å². The van der Waals surface area contributed by atoms with Gasteiger partial charge in [0.05, 0.1) is 5.69 Å². The Hall–Kier alpha value is -2.43. The van der Waals surface area contributed by atoms with E-state index < -0.39 is 0 Å². The van der Waals surface area contributed by atoms with Crippen LogP contribution in [0.1, 0.15) is 11.1 Å². The number of hydrogen-bond donors (Lipinski definition) is 1. The number of halogens is 1. The van der Waals surface area contributed by atoms with E-state index in [1.807, 2.05) is 42.5 Å². The van der Waals surface area contributed by atoms with Crippen LogP contribution in [0.25, 0.3) is 11.3 Å². The molecule has 2 aromatic carbocycles. The van der Waals surface area contributed by atoms with E-state index in [4.69, 9.17) is 0 Å². The summed E-state index contributed by atoms with van der Waals surface area (Å²) >= 11 is 0. The van der Waals surface area contributed by atoms with Gasteiger partial charge in [0, 0.05) is 31.7 Å². The van der Waals surface area contributed by atoms with Gasteiger partial charge in [-0.15, -0.1) is 22.6 Å². The SMILES string of the molecule is Cl.c1ccc(-c2ccc(NCCN3CCc4ccccc4C3)nn2)cc1. The summed E-state index contributed by atoms with van der Waals surface area (Å²) in [5.74, 6) is 0.831. The molecule has 1 aromatic heterocycles. The van der Waals surface area contributed by atoms with Crippen molar-refractivity contribution in [2.75, 3.05) is 25.0 Å². The van der Waals surface area contributed by atoms with Crippen LogP contribution in [0.2, 0.25) is 0 Å². The van der Waals surface area contributed by atoms with Crippen LogP contribution in [-0.2, 0) is 13.0 Å². The Bertz CT molecular complexity index is 821. The molecule has 0 aliphatic carbocycles. The van der Waals surface area contributed by atoms with Gasteiger partial charge in [0.2, 0.25) is 0 Å². The summed E-state index contributed by atoms with van der Waals surface area (Å²) in [6, 6.07) is 22.9. The van der Waals surface area contributed by atoms with Gasteiger partial charge in [-0.05, 0) is 29.7 Å². The van der Waals surface area contributed by atoms with Crippen molar-refractivity contribution in [1.82, 2.24) is 15.1 Å². The van der Waals surface area contributed by atoms with Crippen molar-refractivity contribution in [3.63, 3.8) is 0 Å². The molecule has 5 heteroatoms. The summed E-state index contributed by atoms with van der Waals surface area (Å²) in [5, 5.41) is 12.0. The second-order valence-corrected chi connectivity index (χ2v) is 6.39. The molecule has 2 heterocycles. The Morgan fingerprint density at radius 1 is 0.846 bits per heavy atom. The molecule has 0 amide bonds. The largest absolute Gasteiger partial charge is 0.367 e. The monoisotopic (exact) mass is 366 g/mol. The average molecular weight is 367 g/mol. The van der Waals surface area contributed by atoms with Gasteiger partial charge in [-0.2, -0.15) is 0 Å². The lowest BCUT2D eigenvalue weighted by Gasteiger charge is -2.28. The number of rotatable bonds is 5. The first-order valence-corrected chi connectivity index (χ1v) is 8.81. The zero-order valence-corrected chi connectivity index (χ0v) is 15.5. The van der Waals surface area contributed by atoms with Crippen LogP contribution in [0, 0.1) is 0 Å². The second kappa shape index (κ2) is 8.79. The van der Waals surface area contributed by atoms with E-state index in [-0.39, 0.29) is 12.4 Å². The van der Waals surface area contributed by atoms with Crippen molar-refractivity contribution in [2.45, 2.75) is 13.0 Å². The Morgan fingerprint density at radius 2 is 1.62 bits per heavy atom. The lowest BCUT2D eigenvalue weighted by atomic mass is 10.00. The second-order valence-electron chi connectivity index (χ2n) is 6.39. The summed E-state index contributed by atoms with van der Waals surface area (Å²) in [5.41, 5.74) is 4.95. The van der Waals surface area contributed by atoms with Crippen molar-refractivity contribution in [3.8, 4) is 11.3 Å². The first-order chi connectivity index (χ1) is 12.4. The maximum absolute atomic E-state index is 4.32. The molecule has 134 valence electrons. The van der Waals surface area contributed by atoms with Gasteiger partial charge in [0.25, 0.3) is 0 Å². The molecule has 26 heavy (non-hydrogen) atoms. The third-order valence-electron chi connectivity index (χ3n) is 4.68. The van der Waals surface area contributed by atoms with Gasteiger partial charge in [-0.25, -0.2) is 0 Å². The summed E-state index contributed by atoms with van der Waals surface area (Å²) in [4.78, 5) is 2.49. The van der Waals surface area contributed by atoms with Crippen molar-refractivity contribution in [3.05, 3.63) is 77.9 Å². The molecular weight excluding hydrogens is 344 g/mol. The van der Waals surface area contributed by atoms with Crippen LogP contribution in [-0.4, -0.2) is 34.7 Å². The highest BCUT2D eigenvalue weighted by molar-refractivity contribution is 5.85. The minimum absolute atomic E-state index is 0. The first-order valence-electron chi connectivity index (χ1n) is 8.81. The molecule has 0 bridgehead atoms. The molecule has 0 spiro atoms. The van der Waals surface area contributed by atoms with E-state index >= 15 is 0 Å². The third-order valence-corrected chi connectivity index (χ3v) is 4.68. The standard InChI is InChI=1S/C21H22N4.ClH/c1-2-7-18(8-3-1)20-10-11-21(24-23-20)22-13-15-25-14-12-17-6-4-5-9-19(17)16-25;/h1-11H,12-16H2,(H,22,24);1H. The molecule has 0 fully saturated rings. The average Bonchev–Trinajstić information content (AvgIpc) is 2.69. The fourth-order valence-electron chi connectivity index (χ4n) is 3.28. The fourth-order valence-corrected chi connectivity index (χ4v) is 3.28. The fraction of sp³-hybridized carbons (Fsp3) is 0.238. The molecule has 0 saturated carbocycles. The van der Waals surface area contributed by atoms with Gasteiger partial charge in [0.15, 0.2) is 0 Å². The van der Waals surface area contributed by atoms with Gasteiger partial charge in [0.1, 0.15) is 5.82 Å². The van der Waals surface area contributed by atoms with Gasteiger partial charge >= 0.3 is 0 Å². The molecule has 0 saturated heterocycles. The zero-order chi connectivity index (χ0) is 16.9. The first kappa shape index (κ1) is 18.4. The predicted molar refractivity (Wildman–Crippen MR) is 109 cm³/mol. The van der Waals surface area contributed by atoms with Crippen molar-refractivity contribution in [2.24, 2.45) is 0 Å². The number of aromatic nitrogens is 2. The minimum Gasteiger partial charge on any atom is -0.367 e. The van der Waals surface area contributed by atoms with E-state index in [2.05, 4.69) is 44.7 Å². The maximum atomic E-state index is 4.32. The van der Waals surface area contributed by atoms with Crippen LogP contribution in [0.4, 0.5) is 5.82 Å². The highest BCUT2D eigenvalue weighted by Crippen LogP contribution is 2.18. The van der Waals surface area contributed by atoms with Crippen LogP contribution in [0.3, 0.4) is 0 Å². The molecule has 0 unspecified atom stereocenters. The highest BCUT2D eigenvalue weighted by atomic mass is 35.5. The highest BCUT2D eigenvalue weighted by Gasteiger charge is 2.14.